The summed E-state index contributed by atoms with van der Waals surface area (Å²) in [7, 11) is 0. The van der Waals surface area contributed by atoms with Gasteiger partial charge in [-0.25, -0.2) is 9.97 Å². The van der Waals surface area contributed by atoms with Gasteiger partial charge in [0.1, 0.15) is 0 Å². The fourth-order valence-electron chi connectivity index (χ4n) is 3.31. The number of rotatable bonds is 4. The summed E-state index contributed by atoms with van der Waals surface area (Å²) in [6.07, 6.45) is 10.7. The van der Waals surface area contributed by atoms with Crippen molar-refractivity contribution in [1.82, 2.24) is 15.3 Å². The minimum atomic E-state index is 0.467. The lowest BCUT2D eigenvalue weighted by molar-refractivity contribution is 0.452. The van der Waals surface area contributed by atoms with E-state index < -0.39 is 0 Å². The Morgan fingerprint density at radius 1 is 1.25 bits per heavy atom. The number of piperidine rings is 1. The van der Waals surface area contributed by atoms with Crippen LogP contribution in [0.15, 0.2) is 6.20 Å². The van der Waals surface area contributed by atoms with E-state index in [0.29, 0.717) is 6.04 Å². The molecule has 20 heavy (non-hydrogen) atoms. The zero-order valence-electron chi connectivity index (χ0n) is 12.6. The second-order valence-corrected chi connectivity index (χ2v) is 6.02. The lowest BCUT2D eigenvalue weighted by Gasteiger charge is -2.29. The third-order valence-electron chi connectivity index (χ3n) is 4.45. The van der Waals surface area contributed by atoms with E-state index in [9.17, 15) is 0 Å². The molecule has 1 aromatic rings. The van der Waals surface area contributed by atoms with Gasteiger partial charge in [-0.15, -0.1) is 0 Å². The number of anilines is 1. The number of aryl methyl sites for hydroxylation is 1. The van der Waals surface area contributed by atoms with Crippen LogP contribution in [0.25, 0.3) is 0 Å². The molecule has 1 fully saturated rings. The molecule has 0 bridgehead atoms. The van der Waals surface area contributed by atoms with Crippen LogP contribution in [0.3, 0.4) is 0 Å². The quantitative estimate of drug-likeness (QED) is 0.916. The van der Waals surface area contributed by atoms with Gasteiger partial charge in [0, 0.05) is 30.9 Å². The molecule has 1 unspecified atom stereocenters. The predicted molar refractivity (Wildman–Crippen MR) is 82.1 cm³/mol. The molecule has 2 aliphatic rings. The molecule has 0 radical (unpaired) electrons. The van der Waals surface area contributed by atoms with Gasteiger partial charge in [0.2, 0.25) is 5.95 Å². The number of hydrogen-bond donors (Lipinski definition) is 1. The summed E-state index contributed by atoms with van der Waals surface area (Å²) >= 11 is 0. The van der Waals surface area contributed by atoms with Crippen molar-refractivity contribution in [2.24, 2.45) is 0 Å². The number of aromatic nitrogens is 2. The summed E-state index contributed by atoms with van der Waals surface area (Å²) in [5.41, 5.74) is 2.62. The first-order valence-corrected chi connectivity index (χ1v) is 8.22. The molecule has 0 aromatic carbocycles. The van der Waals surface area contributed by atoms with Crippen LogP contribution >= 0.6 is 0 Å². The van der Waals surface area contributed by atoms with E-state index in [1.807, 2.05) is 0 Å². The van der Waals surface area contributed by atoms with Gasteiger partial charge < -0.3 is 10.2 Å². The summed E-state index contributed by atoms with van der Waals surface area (Å²) in [6, 6.07) is 0.467. The molecular formula is C16H26N4. The molecule has 4 nitrogen and oxygen atoms in total. The number of hydrogen-bond acceptors (Lipinski definition) is 4. The van der Waals surface area contributed by atoms with Crippen molar-refractivity contribution >= 4 is 5.95 Å². The van der Waals surface area contributed by atoms with Crippen molar-refractivity contribution in [1.29, 1.82) is 0 Å². The van der Waals surface area contributed by atoms with Crippen LogP contribution in [0, 0.1) is 0 Å². The Kier molecular flexibility index (Phi) is 4.51. The van der Waals surface area contributed by atoms with Crippen LogP contribution in [0.2, 0.25) is 0 Å². The summed E-state index contributed by atoms with van der Waals surface area (Å²) in [6.45, 7) is 5.54. The van der Waals surface area contributed by atoms with Gasteiger partial charge in [-0.1, -0.05) is 6.92 Å². The smallest absolute Gasteiger partial charge is 0.225 e. The topological polar surface area (TPSA) is 41.1 Å². The largest absolute Gasteiger partial charge is 0.341 e. The summed E-state index contributed by atoms with van der Waals surface area (Å²) < 4.78 is 0. The molecule has 1 aromatic heterocycles. The molecule has 2 heterocycles. The number of nitrogens with one attached hydrogen (secondary N) is 1. The fourth-order valence-corrected chi connectivity index (χ4v) is 3.31. The maximum atomic E-state index is 4.87. The van der Waals surface area contributed by atoms with E-state index in [1.54, 1.807) is 0 Å². The summed E-state index contributed by atoms with van der Waals surface area (Å²) in [4.78, 5) is 11.9. The average Bonchev–Trinajstić information content (AvgIpc) is 2.53. The monoisotopic (exact) mass is 274 g/mol. The van der Waals surface area contributed by atoms with Gasteiger partial charge in [0.25, 0.3) is 0 Å². The first-order chi connectivity index (χ1) is 9.88. The Balaban J connectivity index is 1.77. The van der Waals surface area contributed by atoms with E-state index in [2.05, 4.69) is 28.3 Å². The second-order valence-electron chi connectivity index (χ2n) is 6.02. The highest BCUT2D eigenvalue weighted by Crippen LogP contribution is 2.29. The standard InChI is InChI=1S/C16H26N4/c1-2-9-17-14-7-6-8-15-13(14)12-18-16(19-15)20-10-4-3-5-11-20/h12,14,17H,2-11H2,1H3. The normalized spacial score (nSPS) is 22.6. The van der Waals surface area contributed by atoms with Crippen LogP contribution in [-0.2, 0) is 6.42 Å². The summed E-state index contributed by atoms with van der Waals surface area (Å²) in [5.74, 6) is 0.958. The van der Waals surface area contributed by atoms with Crippen molar-refractivity contribution in [2.45, 2.75) is 57.9 Å². The first-order valence-electron chi connectivity index (χ1n) is 8.22. The molecule has 1 N–H and O–H groups in total. The fraction of sp³-hybridized carbons (Fsp3) is 0.750. The number of nitrogens with zero attached hydrogens (tertiary/aromatic N) is 3. The number of fused-ring (bicyclic) bond motifs is 1. The molecule has 1 aliphatic heterocycles. The van der Waals surface area contributed by atoms with Gasteiger partial charge in [-0.2, -0.15) is 0 Å². The molecule has 0 saturated carbocycles. The van der Waals surface area contributed by atoms with Gasteiger partial charge in [-0.3, -0.25) is 0 Å². The maximum absolute atomic E-state index is 4.87. The van der Waals surface area contributed by atoms with Crippen molar-refractivity contribution in [2.75, 3.05) is 24.5 Å². The third-order valence-corrected chi connectivity index (χ3v) is 4.45. The van der Waals surface area contributed by atoms with Gasteiger partial charge in [0.15, 0.2) is 0 Å². The maximum Gasteiger partial charge on any atom is 0.225 e. The van der Waals surface area contributed by atoms with Gasteiger partial charge in [0.05, 0.1) is 5.69 Å². The molecule has 0 amide bonds. The highest BCUT2D eigenvalue weighted by Gasteiger charge is 2.23. The minimum absolute atomic E-state index is 0.467. The van der Waals surface area contributed by atoms with Gasteiger partial charge in [-0.05, 0) is 51.5 Å². The lowest BCUT2D eigenvalue weighted by Crippen LogP contribution is -2.32. The Morgan fingerprint density at radius 2 is 2.10 bits per heavy atom. The average molecular weight is 274 g/mol. The lowest BCUT2D eigenvalue weighted by atomic mass is 9.92. The molecule has 1 aliphatic carbocycles. The van der Waals surface area contributed by atoms with E-state index in [0.717, 1.165) is 32.0 Å². The molecule has 3 rings (SSSR count). The zero-order chi connectivity index (χ0) is 13.8. The van der Waals surface area contributed by atoms with Crippen LogP contribution in [0.1, 0.15) is 62.7 Å². The van der Waals surface area contributed by atoms with E-state index >= 15 is 0 Å². The molecule has 4 heteroatoms. The molecular weight excluding hydrogens is 248 g/mol. The van der Waals surface area contributed by atoms with Crippen molar-refractivity contribution in [3.63, 3.8) is 0 Å². The van der Waals surface area contributed by atoms with Crippen molar-refractivity contribution in [3.05, 3.63) is 17.5 Å². The second kappa shape index (κ2) is 6.53. The van der Waals surface area contributed by atoms with Crippen molar-refractivity contribution < 1.29 is 0 Å². The Morgan fingerprint density at radius 3 is 2.90 bits per heavy atom. The Bertz CT molecular complexity index is 440. The Labute approximate surface area is 122 Å². The SMILES string of the molecule is CCCNC1CCCc2nc(N3CCCCC3)ncc21. The van der Waals surface area contributed by atoms with E-state index in [1.165, 1.54) is 49.8 Å². The van der Waals surface area contributed by atoms with E-state index in [-0.39, 0.29) is 0 Å². The predicted octanol–water partition coefficient (Wildman–Crippen LogP) is 2.84. The van der Waals surface area contributed by atoms with Crippen LogP contribution in [0.5, 0.6) is 0 Å². The minimum Gasteiger partial charge on any atom is -0.341 e. The molecule has 110 valence electrons. The molecule has 1 atom stereocenters. The molecule has 1 saturated heterocycles. The van der Waals surface area contributed by atoms with Crippen LogP contribution in [-0.4, -0.2) is 29.6 Å². The highest BCUT2D eigenvalue weighted by molar-refractivity contribution is 5.35. The van der Waals surface area contributed by atoms with Crippen LogP contribution in [0.4, 0.5) is 5.95 Å². The summed E-state index contributed by atoms with van der Waals surface area (Å²) in [5, 5.41) is 3.63. The third kappa shape index (κ3) is 2.95. The van der Waals surface area contributed by atoms with Crippen molar-refractivity contribution in [3.8, 4) is 0 Å². The van der Waals surface area contributed by atoms with E-state index in [4.69, 9.17) is 4.98 Å². The molecule has 0 spiro atoms. The van der Waals surface area contributed by atoms with Crippen LogP contribution < -0.4 is 10.2 Å². The first kappa shape index (κ1) is 13.8. The highest BCUT2D eigenvalue weighted by atomic mass is 15.3. The Hall–Kier alpha value is -1.16. The zero-order valence-corrected chi connectivity index (χ0v) is 12.6. The van der Waals surface area contributed by atoms with Gasteiger partial charge >= 0.3 is 0 Å².